The monoisotopic (exact) mass is 416 g/mol. The normalized spacial score (nSPS) is 16.7. The van der Waals surface area contributed by atoms with E-state index in [-0.39, 0.29) is 23.3 Å². The number of ether oxygens (including phenoxy) is 1. The predicted molar refractivity (Wildman–Crippen MR) is 104 cm³/mol. The van der Waals surface area contributed by atoms with Gasteiger partial charge in [-0.15, -0.1) is 0 Å². The van der Waals surface area contributed by atoms with Crippen LogP contribution in [0.15, 0.2) is 42.6 Å². The van der Waals surface area contributed by atoms with Crippen molar-refractivity contribution in [2.75, 3.05) is 24.5 Å². The number of rotatable bonds is 5. The third kappa shape index (κ3) is 5.08. The molecule has 1 aliphatic rings. The van der Waals surface area contributed by atoms with Crippen LogP contribution in [-0.4, -0.2) is 48.1 Å². The van der Waals surface area contributed by atoms with E-state index in [9.17, 15) is 23.2 Å². The molecule has 3 rings (SSSR count). The summed E-state index contributed by atoms with van der Waals surface area (Å²) < 4.78 is 42.3. The van der Waals surface area contributed by atoms with Gasteiger partial charge < -0.3 is 14.5 Å². The Bertz CT molecular complexity index is 990. The summed E-state index contributed by atoms with van der Waals surface area (Å²) in [5.41, 5.74) is 0.703. The van der Waals surface area contributed by atoms with Gasteiger partial charge >= 0.3 is 6.61 Å². The van der Waals surface area contributed by atoms with Gasteiger partial charge in [0.2, 0.25) is 5.91 Å². The summed E-state index contributed by atoms with van der Waals surface area (Å²) in [5, 5.41) is 9.22. The maximum atomic E-state index is 13.3. The Hall–Kier alpha value is -3.54. The van der Waals surface area contributed by atoms with Gasteiger partial charge in [-0.1, -0.05) is 12.1 Å². The molecule has 0 N–H and O–H groups in total. The van der Waals surface area contributed by atoms with E-state index in [1.54, 1.807) is 17.0 Å². The molecule has 1 fully saturated rings. The summed E-state index contributed by atoms with van der Waals surface area (Å²) >= 11 is 0. The quantitative estimate of drug-likeness (QED) is 0.699. The first-order valence-electron chi connectivity index (χ1n) is 9.21. The topological polar surface area (TPSA) is 69.5 Å². The molecule has 30 heavy (non-hydrogen) atoms. The van der Waals surface area contributed by atoms with Gasteiger partial charge in [0.1, 0.15) is 23.5 Å². The van der Waals surface area contributed by atoms with Gasteiger partial charge in [0.05, 0.1) is 11.8 Å². The molecule has 2 aromatic rings. The highest BCUT2D eigenvalue weighted by Crippen LogP contribution is 2.22. The molecule has 1 amide bonds. The lowest BCUT2D eigenvalue weighted by molar-refractivity contribution is -0.128. The smallest absolute Gasteiger partial charge is 0.387 e. The highest BCUT2D eigenvalue weighted by Gasteiger charge is 2.28. The zero-order valence-electron chi connectivity index (χ0n) is 16.1. The number of hydrogen-bond donors (Lipinski definition) is 0. The number of alkyl halides is 2. The molecule has 2 heterocycles. The molecule has 1 aromatic carbocycles. The van der Waals surface area contributed by atoms with Gasteiger partial charge in [0.25, 0.3) is 0 Å². The molecule has 0 unspecified atom stereocenters. The van der Waals surface area contributed by atoms with Gasteiger partial charge in [-0.25, -0.2) is 9.37 Å². The summed E-state index contributed by atoms with van der Waals surface area (Å²) in [6.45, 7) is 0.215. The number of amides is 1. The van der Waals surface area contributed by atoms with Crippen molar-refractivity contribution in [3.05, 3.63) is 59.5 Å². The van der Waals surface area contributed by atoms with Gasteiger partial charge in [-0.3, -0.25) is 4.79 Å². The van der Waals surface area contributed by atoms with E-state index in [0.29, 0.717) is 31.0 Å². The van der Waals surface area contributed by atoms with Crippen molar-refractivity contribution in [2.45, 2.75) is 19.6 Å². The van der Waals surface area contributed by atoms with Crippen LogP contribution in [0.4, 0.5) is 19.0 Å². The van der Waals surface area contributed by atoms with Crippen molar-refractivity contribution in [1.29, 1.82) is 5.26 Å². The molecular weight excluding hydrogens is 397 g/mol. The number of aromatic nitrogens is 1. The van der Waals surface area contributed by atoms with Crippen LogP contribution in [0.1, 0.15) is 18.1 Å². The molecule has 0 saturated carbocycles. The Morgan fingerprint density at radius 1 is 1.37 bits per heavy atom. The summed E-state index contributed by atoms with van der Waals surface area (Å²) in [4.78, 5) is 20.2. The summed E-state index contributed by atoms with van der Waals surface area (Å²) in [6, 6.07) is 8.97. The largest absolute Gasteiger partial charge is 0.435 e. The standard InChI is InChI=1S/C21H19F3N4O2/c1-14-13-27(20-16(11-25)10-17(22)12-26-20)7-8-28(14)19(29)6-5-15-3-2-4-18(9-15)30-21(23)24/h2-6,9-10,12,14,21H,7-8,13H2,1H3/b6-5+/t14-/m1/s1. The van der Waals surface area contributed by atoms with Crippen LogP contribution < -0.4 is 9.64 Å². The zero-order valence-corrected chi connectivity index (χ0v) is 16.1. The van der Waals surface area contributed by atoms with Crippen molar-refractivity contribution >= 4 is 17.8 Å². The number of pyridine rings is 1. The van der Waals surface area contributed by atoms with Crippen LogP contribution in [0.2, 0.25) is 0 Å². The van der Waals surface area contributed by atoms with E-state index in [2.05, 4.69) is 9.72 Å². The second-order valence-corrected chi connectivity index (χ2v) is 6.75. The van der Waals surface area contributed by atoms with Crippen molar-refractivity contribution < 1.29 is 22.7 Å². The maximum absolute atomic E-state index is 13.3. The number of halogens is 3. The number of carbonyl (C=O) groups excluding carboxylic acids is 1. The minimum Gasteiger partial charge on any atom is -0.435 e. The number of carbonyl (C=O) groups is 1. The average Bonchev–Trinajstić information content (AvgIpc) is 2.71. The fourth-order valence-corrected chi connectivity index (χ4v) is 3.30. The predicted octanol–water partition coefficient (Wildman–Crippen LogP) is 3.44. The Balaban J connectivity index is 1.65. The molecule has 1 aliphatic heterocycles. The minimum atomic E-state index is -2.92. The number of nitrogens with zero attached hydrogens (tertiary/aromatic N) is 4. The fourth-order valence-electron chi connectivity index (χ4n) is 3.30. The third-order valence-corrected chi connectivity index (χ3v) is 4.67. The Morgan fingerprint density at radius 2 is 2.17 bits per heavy atom. The second kappa shape index (κ2) is 9.31. The highest BCUT2D eigenvalue weighted by molar-refractivity contribution is 5.92. The van der Waals surface area contributed by atoms with Gasteiger partial charge in [-0.2, -0.15) is 14.0 Å². The first kappa shape index (κ1) is 21.2. The molecular formula is C21H19F3N4O2. The lowest BCUT2D eigenvalue weighted by atomic mass is 10.1. The van der Waals surface area contributed by atoms with Crippen LogP contribution in [0, 0.1) is 17.1 Å². The van der Waals surface area contributed by atoms with Crippen LogP contribution in [0.25, 0.3) is 6.08 Å². The van der Waals surface area contributed by atoms with E-state index < -0.39 is 12.4 Å². The molecule has 1 atom stereocenters. The maximum Gasteiger partial charge on any atom is 0.387 e. The summed E-state index contributed by atoms with van der Waals surface area (Å²) in [5.74, 6) is -0.397. The number of anilines is 1. The average molecular weight is 416 g/mol. The molecule has 1 saturated heterocycles. The third-order valence-electron chi connectivity index (χ3n) is 4.67. The van der Waals surface area contributed by atoms with Crippen LogP contribution in [-0.2, 0) is 4.79 Å². The van der Waals surface area contributed by atoms with Gasteiger partial charge in [0.15, 0.2) is 0 Å². The van der Waals surface area contributed by atoms with Crippen LogP contribution >= 0.6 is 0 Å². The number of benzene rings is 1. The van der Waals surface area contributed by atoms with E-state index >= 15 is 0 Å². The van der Waals surface area contributed by atoms with E-state index in [4.69, 9.17) is 0 Å². The fraction of sp³-hybridized carbons (Fsp3) is 0.286. The molecule has 0 spiro atoms. The van der Waals surface area contributed by atoms with Crippen molar-refractivity contribution in [1.82, 2.24) is 9.88 Å². The Morgan fingerprint density at radius 3 is 2.87 bits per heavy atom. The first-order chi connectivity index (χ1) is 14.4. The van der Waals surface area contributed by atoms with Crippen LogP contribution in [0.5, 0.6) is 5.75 Å². The Kier molecular flexibility index (Phi) is 6.57. The van der Waals surface area contributed by atoms with Crippen molar-refractivity contribution in [3.8, 4) is 11.8 Å². The molecule has 9 heteroatoms. The SMILES string of the molecule is C[C@@H]1CN(c2ncc(F)cc2C#N)CCN1C(=O)/C=C/c1cccc(OC(F)F)c1. The molecule has 0 radical (unpaired) electrons. The lowest BCUT2D eigenvalue weighted by Gasteiger charge is -2.40. The molecule has 6 nitrogen and oxygen atoms in total. The number of piperazine rings is 1. The number of hydrogen-bond acceptors (Lipinski definition) is 5. The molecule has 1 aromatic heterocycles. The van der Waals surface area contributed by atoms with Crippen LogP contribution in [0.3, 0.4) is 0 Å². The second-order valence-electron chi connectivity index (χ2n) is 6.75. The highest BCUT2D eigenvalue weighted by atomic mass is 19.3. The molecule has 156 valence electrons. The van der Waals surface area contributed by atoms with E-state index in [0.717, 1.165) is 12.3 Å². The Labute approximate surface area is 171 Å². The van der Waals surface area contributed by atoms with E-state index in [1.165, 1.54) is 24.3 Å². The lowest BCUT2D eigenvalue weighted by Crippen LogP contribution is -2.54. The summed E-state index contributed by atoms with van der Waals surface area (Å²) in [6.07, 6.45) is 3.98. The molecule has 0 aliphatic carbocycles. The minimum absolute atomic E-state index is 0.0154. The van der Waals surface area contributed by atoms with Gasteiger partial charge in [0, 0.05) is 31.8 Å². The summed E-state index contributed by atoms with van der Waals surface area (Å²) in [7, 11) is 0. The van der Waals surface area contributed by atoms with Crippen molar-refractivity contribution in [3.63, 3.8) is 0 Å². The first-order valence-corrected chi connectivity index (χ1v) is 9.21. The van der Waals surface area contributed by atoms with E-state index in [1.807, 2.05) is 17.9 Å². The zero-order chi connectivity index (χ0) is 21.7. The number of nitriles is 1. The van der Waals surface area contributed by atoms with Gasteiger partial charge in [-0.05, 0) is 36.8 Å². The molecule has 0 bridgehead atoms. The van der Waals surface area contributed by atoms with Crippen molar-refractivity contribution in [2.24, 2.45) is 0 Å².